The number of benzene rings is 2. The van der Waals surface area contributed by atoms with Crippen LogP contribution in [0, 0.1) is 5.82 Å². The van der Waals surface area contributed by atoms with Crippen molar-refractivity contribution in [2.75, 3.05) is 18.4 Å². The molecule has 1 heterocycles. The third-order valence-electron chi connectivity index (χ3n) is 3.68. The molecular formula is C16H14ClFN2O4S. The highest BCUT2D eigenvalue weighted by Crippen LogP contribution is 2.23. The molecule has 9 heteroatoms. The second-order valence-corrected chi connectivity index (χ2v) is 7.99. The summed E-state index contributed by atoms with van der Waals surface area (Å²) in [6.07, 6.45) is -0.668. The van der Waals surface area contributed by atoms with Gasteiger partial charge >= 0.3 is 0 Å². The van der Waals surface area contributed by atoms with Gasteiger partial charge in [-0.05, 0) is 36.4 Å². The van der Waals surface area contributed by atoms with Gasteiger partial charge < -0.3 is 10.4 Å². The lowest BCUT2D eigenvalue weighted by Gasteiger charge is -2.34. The molecular weight excluding hydrogens is 371 g/mol. The minimum Gasteiger partial charge on any atom is -0.390 e. The predicted molar refractivity (Wildman–Crippen MR) is 90.6 cm³/mol. The van der Waals surface area contributed by atoms with Crippen LogP contribution in [0.1, 0.15) is 10.4 Å². The summed E-state index contributed by atoms with van der Waals surface area (Å²) in [5.74, 6) is -1.20. The molecule has 3 rings (SSSR count). The van der Waals surface area contributed by atoms with Crippen molar-refractivity contribution >= 4 is 33.2 Å². The molecule has 2 aromatic carbocycles. The van der Waals surface area contributed by atoms with Gasteiger partial charge in [-0.1, -0.05) is 17.7 Å². The zero-order valence-electron chi connectivity index (χ0n) is 12.8. The third-order valence-corrected chi connectivity index (χ3v) is 5.73. The fraction of sp³-hybridized carbons (Fsp3) is 0.188. The molecule has 6 nitrogen and oxygen atoms in total. The zero-order chi connectivity index (χ0) is 18.2. The van der Waals surface area contributed by atoms with E-state index >= 15 is 0 Å². The first-order valence-corrected chi connectivity index (χ1v) is 9.13. The number of carbonyl (C=O) groups is 1. The van der Waals surface area contributed by atoms with E-state index in [0.717, 1.165) is 16.4 Å². The van der Waals surface area contributed by atoms with Gasteiger partial charge in [0.05, 0.1) is 11.0 Å². The maximum absolute atomic E-state index is 13.3. The summed E-state index contributed by atoms with van der Waals surface area (Å²) >= 11 is 5.74. The van der Waals surface area contributed by atoms with E-state index in [1.807, 2.05) is 0 Å². The maximum atomic E-state index is 13.3. The van der Waals surface area contributed by atoms with Crippen LogP contribution in [0.3, 0.4) is 0 Å². The van der Waals surface area contributed by atoms with Gasteiger partial charge in [-0.3, -0.25) is 4.79 Å². The van der Waals surface area contributed by atoms with Gasteiger partial charge in [0.15, 0.2) is 0 Å². The van der Waals surface area contributed by atoms with Crippen LogP contribution in [-0.2, 0) is 10.0 Å². The third kappa shape index (κ3) is 3.82. The Labute approximate surface area is 148 Å². The van der Waals surface area contributed by atoms with Crippen LogP contribution in [-0.4, -0.2) is 42.9 Å². The van der Waals surface area contributed by atoms with Gasteiger partial charge in [0, 0.05) is 29.4 Å². The number of amides is 1. The number of anilines is 1. The van der Waals surface area contributed by atoms with Gasteiger partial charge in [-0.2, -0.15) is 4.31 Å². The summed E-state index contributed by atoms with van der Waals surface area (Å²) in [7, 11) is -3.77. The highest BCUT2D eigenvalue weighted by Gasteiger charge is 2.35. The Morgan fingerprint density at radius 3 is 2.60 bits per heavy atom. The summed E-state index contributed by atoms with van der Waals surface area (Å²) in [6, 6.07) is 9.07. The van der Waals surface area contributed by atoms with E-state index in [1.165, 1.54) is 30.3 Å². The van der Waals surface area contributed by atoms with Crippen LogP contribution in [0.5, 0.6) is 0 Å². The number of rotatable bonds is 4. The molecule has 0 unspecified atom stereocenters. The van der Waals surface area contributed by atoms with Crippen molar-refractivity contribution in [2.24, 2.45) is 0 Å². The second kappa shape index (κ2) is 6.72. The number of nitrogens with zero attached hydrogens (tertiary/aromatic N) is 1. The summed E-state index contributed by atoms with van der Waals surface area (Å²) in [4.78, 5) is 12.2. The molecule has 2 aromatic rings. The average molecular weight is 385 g/mol. The van der Waals surface area contributed by atoms with Gasteiger partial charge in [0.25, 0.3) is 5.91 Å². The Morgan fingerprint density at radius 1 is 1.24 bits per heavy atom. The van der Waals surface area contributed by atoms with Crippen LogP contribution in [0.15, 0.2) is 47.4 Å². The Bertz CT molecular complexity index is 909. The molecule has 0 spiro atoms. The lowest BCUT2D eigenvalue weighted by atomic mass is 10.2. The molecule has 25 heavy (non-hydrogen) atoms. The largest absolute Gasteiger partial charge is 0.390 e. The van der Waals surface area contributed by atoms with Gasteiger partial charge in [0.2, 0.25) is 10.0 Å². The van der Waals surface area contributed by atoms with Crippen LogP contribution >= 0.6 is 11.6 Å². The Hall–Kier alpha value is -2.00. The van der Waals surface area contributed by atoms with E-state index in [4.69, 9.17) is 11.6 Å². The van der Waals surface area contributed by atoms with E-state index in [-0.39, 0.29) is 34.3 Å². The summed E-state index contributed by atoms with van der Waals surface area (Å²) in [6.45, 7) is 0.0566. The molecule has 1 saturated heterocycles. The average Bonchev–Trinajstić information content (AvgIpc) is 2.51. The lowest BCUT2D eigenvalue weighted by molar-refractivity contribution is 0.0548. The van der Waals surface area contributed by atoms with E-state index in [0.29, 0.717) is 0 Å². The van der Waals surface area contributed by atoms with Gasteiger partial charge in [-0.15, -0.1) is 0 Å². The smallest absolute Gasteiger partial charge is 0.255 e. The number of halogens is 2. The van der Waals surface area contributed by atoms with Crippen molar-refractivity contribution in [3.8, 4) is 0 Å². The Morgan fingerprint density at radius 2 is 1.96 bits per heavy atom. The molecule has 0 saturated carbocycles. The number of aliphatic hydroxyl groups excluding tert-OH is 1. The fourth-order valence-electron chi connectivity index (χ4n) is 2.39. The van der Waals surface area contributed by atoms with E-state index in [2.05, 4.69) is 5.32 Å². The standard InChI is InChI=1S/C16H14ClFN2O4S/c17-11-5-12(18)7-13(6-11)19-16(22)10-2-1-3-15(4-10)25(23,24)20-8-14(21)9-20/h1-7,14,21H,8-9H2,(H,19,22). The van der Waals surface area contributed by atoms with Crippen LogP contribution in [0.2, 0.25) is 5.02 Å². The Balaban J connectivity index is 1.82. The molecule has 1 fully saturated rings. The molecule has 132 valence electrons. The highest BCUT2D eigenvalue weighted by molar-refractivity contribution is 7.89. The summed E-state index contributed by atoms with van der Waals surface area (Å²) in [5, 5.41) is 11.9. The SMILES string of the molecule is O=C(Nc1cc(F)cc(Cl)c1)c1cccc(S(=O)(=O)N2CC(O)C2)c1. The first kappa shape index (κ1) is 17.8. The monoisotopic (exact) mass is 384 g/mol. The normalized spacial score (nSPS) is 15.6. The highest BCUT2D eigenvalue weighted by atomic mass is 35.5. The molecule has 0 bridgehead atoms. The molecule has 1 amide bonds. The lowest BCUT2D eigenvalue weighted by Crippen LogP contribution is -2.53. The topological polar surface area (TPSA) is 86.7 Å². The molecule has 2 N–H and O–H groups in total. The van der Waals surface area contributed by atoms with Gasteiger partial charge in [-0.25, -0.2) is 12.8 Å². The molecule has 0 radical (unpaired) electrons. The van der Waals surface area contributed by atoms with Crippen molar-refractivity contribution in [3.63, 3.8) is 0 Å². The van der Waals surface area contributed by atoms with Crippen molar-refractivity contribution in [1.82, 2.24) is 4.31 Å². The molecule has 0 atom stereocenters. The van der Waals surface area contributed by atoms with Crippen molar-refractivity contribution in [3.05, 3.63) is 58.9 Å². The fourth-order valence-corrected chi connectivity index (χ4v) is 4.17. The summed E-state index contributed by atoms with van der Waals surface area (Å²) < 4.78 is 39.2. The minimum absolute atomic E-state index is 0.0283. The van der Waals surface area contributed by atoms with E-state index < -0.39 is 27.9 Å². The zero-order valence-corrected chi connectivity index (χ0v) is 14.4. The molecule has 1 aliphatic rings. The van der Waals surface area contributed by atoms with Crippen molar-refractivity contribution in [2.45, 2.75) is 11.0 Å². The van der Waals surface area contributed by atoms with Crippen LogP contribution < -0.4 is 5.32 Å². The van der Waals surface area contributed by atoms with Crippen LogP contribution in [0.4, 0.5) is 10.1 Å². The first-order valence-electron chi connectivity index (χ1n) is 7.31. The van der Waals surface area contributed by atoms with E-state index in [1.54, 1.807) is 0 Å². The van der Waals surface area contributed by atoms with Crippen molar-refractivity contribution in [1.29, 1.82) is 0 Å². The maximum Gasteiger partial charge on any atom is 0.255 e. The number of sulfonamides is 1. The Kier molecular flexibility index (Phi) is 4.79. The molecule has 1 aliphatic heterocycles. The molecule has 0 aliphatic carbocycles. The number of aliphatic hydroxyl groups is 1. The number of hydrogen-bond donors (Lipinski definition) is 2. The second-order valence-electron chi connectivity index (χ2n) is 5.62. The minimum atomic E-state index is -3.77. The number of hydrogen-bond acceptors (Lipinski definition) is 4. The molecule has 0 aromatic heterocycles. The predicted octanol–water partition coefficient (Wildman–Crippen LogP) is 2.10. The van der Waals surface area contributed by atoms with E-state index in [9.17, 15) is 22.7 Å². The van der Waals surface area contributed by atoms with Crippen LogP contribution in [0.25, 0.3) is 0 Å². The number of nitrogens with one attached hydrogen (secondary N) is 1. The number of β-amino-alcohol motifs (C(OH)–C–C–N with tert-alkyl or cyclic N) is 1. The quantitative estimate of drug-likeness (QED) is 0.845. The van der Waals surface area contributed by atoms with Crippen molar-refractivity contribution < 1.29 is 22.7 Å². The van der Waals surface area contributed by atoms with Gasteiger partial charge in [0.1, 0.15) is 5.82 Å². The summed E-state index contributed by atoms with van der Waals surface area (Å²) in [5.41, 5.74) is 0.261. The first-order chi connectivity index (χ1) is 11.8. The number of carbonyl (C=O) groups excluding carboxylic acids is 1.